The molecule has 2 aromatic heterocycles. The Labute approximate surface area is 234 Å². The van der Waals surface area contributed by atoms with Crippen molar-refractivity contribution in [3.05, 3.63) is 76.7 Å². The van der Waals surface area contributed by atoms with Gasteiger partial charge in [0.2, 0.25) is 0 Å². The van der Waals surface area contributed by atoms with E-state index in [0.717, 1.165) is 73.7 Å². The van der Waals surface area contributed by atoms with Crippen molar-refractivity contribution in [2.24, 2.45) is 5.92 Å². The van der Waals surface area contributed by atoms with Crippen molar-refractivity contribution in [1.29, 1.82) is 0 Å². The average molecular weight is 528 g/mol. The standard InChI is InChI=1S/C34H45N3O2/c1-4-38-20-17-35-34-30-13-14-31(36-33(30)23-32(37-34)27-15-18-39-19-16-27)29-12-11-25(3)28(22-29)10-6-9-26-8-5-7-24(2)21-26/h5,7,11-14,21,23,26-27,29H,4,6,8-10,15-20,22H2,1-3H3,(H,35,37). The molecule has 208 valence electrons. The van der Waals surface area contributed by atoms with Gasteiger partial charge in [-0.2, -0.15) is 0 Å². The van der Waals surface area contributed by atoms with Crippen LogP contribution in [0.2, 0.25) is 0 Å². The van der Waals surface area contributed by atoms with E-state index in [2.05, 4.69) is 67.7 Å². The lowest BCUT2D eigenvalue weighted by molar-refractivity contribution is 0.0845. The minimum Gasteiger partial charge on any atom is -0.381 e. The summed E-state index contributed by atoms with van der Waals surface area (Å²) in [5.74, 6) is 2.36. The first kappa shape index (κ1) is 27.8. The third-order valence-corrected chi connectivity index (χ3v) is 8.46. The number of hydrogen-bond acceptors (Lipinski definition) is 5. The Kier molecular flexibility index (Phi) is 9.65. The van der Waals surface area contributed by atoms with Gasteiger partial charge >= 0.3 is 0 Å². The monoisotopic (exact) mass is 527 g/mol. The van der Waals surface area contributed by atoms with Gasteiger partial charge in [-0.15, -0.1) is 0 Å². The first-order valence-corrected chi connectivity index (χ1v) is 15.0. The van der Waals surface area contributed by atoms with E-state index in [1.54, 1.807) is 5.57 Å². The second kappa shape index (κ2) is 13.5. The minimum absolute atomic E-state index is 0.321. The molecule has 5 heteroatoms. The molecule has 1 fully saturated rings. The summed E-state index contributed by atoms with van der Waals surface area (Å²) in [7, 11) is 0. The maximum Gasteiger partial charge on any atom is 0.135 e. The fourth-order valence-electron chi connectivity index (χ4n) is 6.17. The topological polar surface area (TPSA) is 56.3 Å². The summed E-state index contributed by atoms with van der Waals surface area (Å²) in [5.41, 5.74) is 7.77. The third kappa shape index (κ3) is 7.26. The van der Waals surface area contributed by atoms with Crippen LogP contribution in [0.1, 0.15) is 88.9 Å². The summed E-state index contributed by atoms with van der Waals surface area (Å²) < 4.78 is 11.2. The molecule has 39 heavy (non-hydrogen) atoms. The van der Waals surface area contributed by atoms with Gasteiger partial charge in [-0.25, -0.2) is 4.98 Å². The molecule has 2 aliphatic carbocycles. The molecule has 2 aromatic rings. The number of nitrogens with zero attached hydrogens (tertiary/aromatic N) is 2. The zero-order valence-electron chi connectivity index (χ0n) is 24.0. The van der Waals surface area contributed by atoms with Crippen LogP contribution in [0.3, 0.4) is 0 Å². The summed E-state index contributed by atoms with van der Waals surface area (Å²) in [4.78, 5) is 10.3. The number of fused-ring (bicyclic) bond motifs is 1. The highest BCUT2D eigenvalue weighted by molar-refractivity contribution is 5.89. The Morgan fingerprint density at radius 1 is 1.08 bits per heavy atom. The molecule has 2 unspecified atom stereocenters. The Morgan fingerprint density at radius 3 is 2.77 bits per heavy atom. The van der Waals surface area contributed by atoms with Crippen LogP contribution in [0.25, 0.3) is 10.9 Å². The van der Waals surface area contributed by atoms with Crippen molar-refractivity contribution < 1.29 is 9.47 Å². The normalized spacial score (nSPS) is 22.0. The summed E-state index contributed by atoms with van der Waals surface area (Å²) in [6, 6.07) is 6.65. The van der Waals surface area contributed by atoms with Gasteiger partial charge in [-0.05, 0) is 89.8 Å². The van der Waals surface area contributed by atoms with Crippen molar-refractivity contribution >= 4 is 16.7 Å². The molecule has 0 saturated carbocycles. The molecule has 1 N–H and O–H groups in total. The Balaban J connectivity index is 1.32. The molecular weight excluding hydrogens is 482 g/mol. The molecule has 1 saturated heterocycles. The maximum absolute atomic E-state index is 5.62. The van der Waals surface area contributed by atoms with Crippen molar-refractivity contribution in [3.63, 3.8) is 0 Å². The number of hydrogen-bond donors (Lipinski definition) is 1. The van der Waals surface area contributed by atoms with Gasteiger partial charge in [0.15, 0.2) is 0 Å². The van der Waals surface area contributed by atoms with Gasteiger partial charge in [0, 0.05) is 55.0 Å². The molecule has 0 aromatic carbocycles. The predicted molar refractivity (Wildman–Crippen MR) is 161 cm³/mol. The van der Waals surface area contributed by atoms with Crippen LogP contribution in [-0.2, 0) is 9.47 Å². The molecule has 0 bridgehead atoms. The zero-order valence-corrected chi connectivity index (χ0v) is 24.0. The van der Waals surface area contributed by atoms with Gasteiger partial charge in [-0.1, -0.05) is 47.1 Å². The number of aromatic nitrogens is 2. The van der Waals surface area contributed by atoms with Gasteiger partial charge in [0.1, 0.15) is 5.82 Å². The van der Waals surface area contributed by atoms with E-state index in [4.69, 9.17) is 19.4 Å². The van der Waals surface area contributed by atoms with Crippen LogP contribution >= 0.6 is 0 Å². The second-order valence-electron chi connectivity index (χ2n) is 11.4. The zero-order chi connectivity index (χ0) is 27.0. The first-order chi connectivity index (χ1) is 19.1. The minimum atomic E-state index is 0.321. The van der Waals surface area contributed by atoms with Crippen LogP contribution in [0.15, 0.2) is 65.3 Å². The van der Waals surface area contributed by atoms with Gasteiger partial charge in [-0.3, -0.25) is 4.98 Å². The average Bonchev–Trinajstić information content (AvgIpc) is 2.96. The first-order valence-electron chi connectivity index (χ1n) is 15.0. The number of pyridine rings is 2. The van der Waals surface area contributed by atoms with E-state index in [-0.39, 0.29) is 0 Å². The smallest absolute Gasteiger partial charge is 0.135 e. The lowest BCUT2D eigenvalue weighted by Crippen LogP contribution is -2.17. The van der Waals surface area contributed by atoms with Crippen molar-refractivity contribution in [2.45, 2.75) is 77.6 Å². The van der Waals surface area contributed by atoms with E-state index in [1.807, 2.05) is 6.92 Å². The molecular formula is C34H45N3O2. The van der Waals surface area contributed by atoms with E-state index >= 15 is 0 Å². The largest absolute Gasteiger partial charge is 0.381 e. The molecule has 3 aliphatic rings. The molecule has 0 spiro atoms. The Bertz CT molecular complexity index is 1250. The van der Waals surface area contributed by atoms with Gasteiger partial charge in [0.25, 0.3) is 0 Å². The highest BCUT2D eigenvalue weighted by atomic mass is 16.5. The molecule has 0 radical (unpaired) electrons. The van der Waals surface area contributed by atoms with Crippen LogP contribution in [0, 0.1) is 5.92 Å². The summed E-state index contributed by atoms with van der Waals surface area (Å²) in [5, 5.41) is 4.62. The number of anilines is 1. The van der Waals surface area contributed by atoms with Crippen molar-refractivity contribution in [1.82, 2.24) is 9.97 Å². The molecule has 1 aliphatic heterocycles. The fourth-order valence-corrected chi connectivity index (χ4v) is 6.17. The lowest BCUT2D eigenvalue weighted by atomic mass is 9.84. The SMILES string of the molecule is CCOCCNc1nc(C2CCOCC2)cc2nc(C3C=CC(C)=C(CCCC4C=C(C)C=CC4)C3)ccc12. The lowest BCUT2D eigenvalue weighted by Gasteiger charge is -2.24. The maximum atomic E-state index is 5.62. The van der Waals surface area contributed by atoms with Crippen LogP contribution in [0.4, 0.5) is 5.82 Å². The molecule has 0 amide bonds. The van der Waals surface area contributed by atoms with Crippen molar-refractivity contribution in [2.75, 3.05) is 38.3 Å². The van der Waals surface area contributed by atoms with Crippen molar-refractivity contribution in [3.8, 4) is 0 Å². The van der Waals surface area contributed by atoms with Gasteiger partial charge in [0.05, 0.1) is 12.1 Å². The molecule has 5 rings (SSSR count). The second-order valence-corrected chi connectivity index (χ2v) is 11.4. The Hall–Kier alpha value is -2.76. The van der Waals surface area contributed by atoms with Gasteiger partial charge < -0.3 is 14.8 Å². The van der Waals surface area contributed by atoms with E-state index in [0.29, 0.717) is 24.4 Å². The van der Waals surface area contributed by atoms with Crippen LogP contribution in [-0.4, -0.2) is 42.9 Å². The summed E-state index contributed by atoms with van der Waals surface area (Å²) >= 11 is 0. The predicted octanol–water partition coefficient (Wildman–Crippen LogP) is 8.02. The Morgan fingerprint density at radius 2 is 1.95 bits per heavy atom. The molecule has 3 heterocycles. The van der Waals surface area contributed by atoms with E-state index in [1.165, 1.54) is 36.8 Å². The number of rotatable bonds is 11. The van der Waals surface area contributed by atoms with Crippen LogP contribution in [0.5, 0.6) is 0 Å². The number of ether oxygens (including phenoxy) is 2. The highest BCUT2D eigenvalue weighted by Gasteiger charge is 2.22. The quantitative estimate of drug-likeness (QED) is 0.300. The third-order valence-electron chi connectivity index (χ3n) is 8.46. The van der Waals surface area contributed by atoms with E-state index in [9.17, 15) is 0 Å². The molecule has 2 atom stereocenters. The highest BCUT2D eigenvalue weighted by Crippen LogP contribution is 2.36. The summed E-state index contributed by atoms with van der Waals surface area (Å²) in [6.45, 7) is 10.3. The van der Waals surface area contributed by atoms with E-state index < -0.39 is 0 Å². The summed E-state index contributed by atoms with van der Waals surface area (Å²) in [6.07, 6.45) is 19.7. The van der Waals surface area contributed by atoms with Crippen LogP contribution < -0.4 is 5.32 Å². The fraction of sp³-hybridized carbons (Fsp3) is 0.529. The number of allylic oxidation sites excluding steroid dienone is 8. The number of nitrogens with one attached hydrogen (secondary N) is 1. The molecule has 5 nitrogen and oxygen atoms in total.